The molecule has 0 radical (unpaired) electrons. The first-order chi connectivity index (χ1) is 7.24. The van der Waals surface area contributed by atoms with Gasteiger partial charge in [0.05, 0.1) is 0 Å². The minimum absolute atomic E-state index is 0.349. The molecule has 1 atom stereocenters. The quantitative estimate of drug-likeness (QED) is 0.629. The molecule has 0 aromatic rings. The molecule has 0 aromatic heterocycles. The largest absolute Gasteiger partial charge is 0.300 e. The van der Waals surface area contributed by atoms with Gasteiger partial charge < -0.3 is 0 Å². The number of likely N-dealkylation sites (tertiary alicyclic amines) is 1. The van der Waals surface area contributed by atoms with E-state index in [1.165, 1.54) is 51.6 Å². The molecule has 0 spiro atoms. The normalized spacial score (nSPS) is 22.9. The molecular weight excluding hydrogens is 186 g/mol. The molecule has 88 valence electrons. The van der Waals surface area contributed by atoms with Gasteiger partial charge in [0.1, 0.15) is 5.78 Å². The molecule has 0 bridgehead atoms. The smallest absolute Gasteiger partial charge is 0.131 e. The minimum atomic E-state index is 0.349. The average molecular weight is 211 g/mol. The second-order valence-electron chi connectivity index (χ2n) is 4.80. The molecule has 1 fully saturated rings. The fraction of sp³-hybridized carbons (Fsp3) is 0.923. The van der Waals surface area contributed by atoms with E-state index in [9.17, 15) is 4.79 Å². The molecule has 1 heterocycles. The lowest BCUT2D eigenvalue weighted by atomic mass is 9.97. The van der Waals surface area contributed by atoms with Gasteiger partial charge in [0.25, 0.3) is 0 Å². The number of carbonyl (C=O) groups is 1. The summed E-state index contributed by atoms with van der Waals surface area (Å²) in [6.07, 6.45) is 8.53. The van der Waals surface area contributed by atoms with E-state index in [0.29, 0.717) is 11.8 Å². The van der Waals surface area contributed by atoms with Crippen LogP contribution in [0.15, 0.2) is 0 Å². The van der Waals surface area contributed by atoms with Gasteiger partial charge in [0.2, 0.25) is 0 Å². The van der Waals surface area contributed by atoms with Crippen molar-refractivity contribution in [3.63, 3.8) is 0 Å². The Balaban J connectivity index is 2.32. The molecule has 1 rings (SSSR count). The van der Waals surface area contributed by atoms with E-state index >= 15 is 0 Å². The lowest BCUT2D eigenvalue weighted by molar-refractivity contribution is -0.118. The van der Waals surface area contributed by atoms with E-state index < -0.39 is 0 Å². The van der Waals surface area contributed by atoms with Crippen molar-refractivity contribution in [1.29, 1.82) is 0 Å². The molecule has 1 unspecified atom stereocenters. The van der Waals surface area contributed by atoms with Gasteiger partial charge in [0.15, 0.2) is 0 Å². The summed E-state index contributed by atoms with van der Waals surface area (Å²) >= 11 is 0. The van der Waals surface area contributed by atoms with Crippen molar-refractivity contribution in [3.8, 4) is 0 Å². The molecule has 0 aromatic carbocycles. The van der Waals surface area contributed by atoms with Crippen molar-refractivity contribution in [2.75, 3.05) is 13.1 Å². The SMILES string of the molecule is CCCCCN1CCCCC1CC(C)=O. The van der Waals surface area contributed by atoms with E-state index in [0.717, 1.165) is 6.42 Å². The van der Waals surface area contributed by atoms with Gasteiger partial charge in [-0.15, -0.1) is 0 Å². The Hall–Kier alpha value is -0.370. The number of hydrogen-bond acceptors (Lipinski definition) is 2. The third kappa shape index (κ3) is 4.78. The van der Waals surface area contributed by atoms with Crippen LogP contribution < -0.4 is 0 Å². The summed E-state index contributed by atoms with van der Waals surface area (Å²) < 4.78 is 0. The lowest BCUT2D eigenvalue weighted by Gasteiger charge is -2.35. The van der Waals surface area contributed by atoms with Crippen molar-refractivity contribution in [1.82, 2.24) is 4.90 Å². The summed E-state index contributed by atoms with van der Waals surface area (Å²) in [6.45, 7) is 6.37. The summed E-state index contributed by atoms with van der Waals surface area (Å²) in [4.78, 5) is 13.7. The van der Waals surface area contributed by atoms with Crippen LogP contribution in [0.2, 0.25) is 0 Å². The van der Waals surface area contributed by atoms with Crippen molar-refractivity contribution >= 4 is 5.78 Å². The number of carbonyl (C=O) groups excluding carboxylic acids is 1. The fourth-order valence-corrected chi connectivity index (χ4v) is 2.48. The zero-order chi connectivity index (χ0) is 11.1. The molecule has 2 heteroatoms. The van der Waals surface area contributed by atoms with Crippen LogP contribution in [0.4, 0.5) is 0 Å². The monoisotopic (exact) mass is 211 g/mol. The van der Waals surface area contributed by atoms with Crippen LogP contribution in [0.3, 0.4) is 0 Å². The maximum Gasteiger partial charge on any atom is 0.131 e. The fourth-order valence-electron chi connectivity index (χ4n) is 2.48. The van der Waals surface area contributed by atoms with Crippen molar-refractivity contribution < 1.29 is 4.79 Å². The number of hydrogen-bond donors (Lipinski definition) is 0. The Bertz CT molecular complexity index is 191. The summed E-state index contributed by atoms with van der Waals surface area (Å²) in [5.41, 5.74) is 0. The Morgan fingerprint density at radius 2 is 2.13 bits per heavy atom. The molecule has 1 aliphatic rings. The molecule has 2 nitrogen and oxygen atoms in total. The summed E-state index contributed by atoms with van der Waals surface area (Å²) in [5.74, 6) is 0.349. The zero-order valence-corrected chi connectivity index (χ0v) is 10.3. The van der Waals surface area contributed by atoms with Crippen LogP contribution in [0, 0.1) is 0 Å². The van der Waals surface area contributed by atoms with Gasteiger partial charge in [-0.3, -0.25) is 9.69 Å². The first kappa shape index (κ1) is 12.7. The average Bonchev–Trinajstić information content (AvgIpc) is 2.20. The van der Waals surface area contributed by atoms with E-state index in [1.807, 2.05) is 0 Å². The predicted molar refractivity (Wildman–Crippen MR) is 64.0 cm³/mol. The molecule has 15 heavy (non-hydrogen) atoms. The highest BCUT2D eigenvalue weighted by molar-refractivity contribution is 5.76. The van der Waals surface area contributed by atoms with Gasteiger partial charge >= 0.3 is 0 Å². The van der Waals surface area contributed by atoms with E-state index in [1.54, 1.807) is 6.92 Å². The summed E-state index contributed by atoms with van der Waals surface area (Å²) in [5, 5.41) is 0. The third-order valence-electron chi connectivity index (χ3n) is 3.32. The highest BCUT2D eigenvalue weighted by Crippen LogP contribution is 2.20. The Morgan fingerprint density at radius 1 is 1.33 bits per heavy atom. The molecule has 0 N–H and O–H groups in total. The van der Waals surface area contributed by atoms with Gasteiger partial charge in [-0.25, -0.2) is 0 Å². The van der Waals surface area contributed by atoms with Crippen LogP contribution in [0.5, 0.6) is 0 Å². The first-order valence-corrected chi connectivity index (χ1v) is 6.47. The van der Waals surface area contributed by atoms with E-state index in [2.05, 4.69) is 11.8 Å². The van der Waals surface area contributed by atoms with E-state index in [4.69, 9.17) is 0 Å². The van der Waals surface area contributed by atoms with Crippen LogP contribution in [0.1, 0.15) is 58.8 Å². The molecular formula is C13H25NO. The van der Waals surface area contributed by atoms with Crippen molar-refractivity contribution in [2.45, 2.75) is 64.8 Å². The van der Waals surface area contributed by atoms with E-state index in [-0.39, 0.29) is 0 Å². The second-order valence-corrected chi connectivity index (χ2v) is 4.80. The maximum atomic E-state index is 11.2. The standard InChI is InChI=1S/C13H25NO/c1-3-4-6-9-14-10-7-5-8-13(14)11-12(2)15/h13H,3-11H2,1-2H3. The highest BCUT2D eigenvalue weighted by Gasteiger charge is 2.22. The first-order valence-electron chi connectivity index (χ1n) is 6.47. The highest BCUT2D eigenvalue weighted by atomic mass is 16.1. The minimum Gasteiger partial charge on any atom is -0.300 e. The number of unbranched alkanes of at least 4 members (excludes halogenated alkanes) is 2. The number of nitrogens with zero attached hydrogens (tertiary/aromatic N) is 1. The predicted octanol–water partition coefficient (Wildman–Crippen LogP) is 3.01. The summed E-state index contributed by atoms with van der Waals surface area (Å²) in [7, 11) is 0. The van der Waals surface area contributed by atoms with Crippen LogP contribution in [-0.2, 0) is 4.79 Å². The number of piperidine rings is 1. The molecule has 0 amide bonds. The molecule has 0 aliphatic carbocycles. The molecule has 1 saturated heterocycles. The van der Waals surface area contributed by atoms with Gasteiger partial charge in [-0.2, -0.15) is 0 Å². The topological polar surface area (TPSA) is 20.3 Å². The third-order valence-corrected chi connectivity index (χ3v) is 3.32. The molecule has 1 aliphatic heterocycles. The van der Waals surface area contributed by atoms with Gasteiger partial charge in [-0.1, -0.05) is 26.2 Å². The Morgan fingerprint density at radius 3 is 2.80 bits per heavy atom. The number of rotatable bonds is 6. The van der Waals surface area contributed by atoms with Crippen LogP contribution in [-0.4, -0.2) is 29.8 Å². The van der Waals surface area contributed by atoms with Gasteiger partial charge in [-0.05, 0) is 39.3 Å². The second kappa shape index (κ2) is 7.00. The lowest BCUT2D eigenvalue weighted by Crippen LogP contribution is -2.41. The van der Waals surface area contributed by atoms with Crippen LogP contribution in [0.25, 0.3) is 0 Å². The van der Waals surface area contributed by atoms with Gasteiger partial charge in [0, 0.05) is 12.5 Å². The number of Topliss-reactive ketones (excluding diaryl/α,β-unsaturated/α-hetero) is 1. The zero-order valence-electron chi connectivity index (χ0n) is 10.3. The Labute approximate surface area is 94.0 Å². The van der Waals surface area contributed by atoms with Crippen molar-refractivity contribution in [3.05, 3.63) is 0 Å². The molecule has 0 saturated carbocycles. The maximum absolute atomic E-state index is 11.2. The number of ketones is 1. The Kier molecular flexibility index (Phi) is 5.92. The summed E-state index contributed by atoms with van der Waals surface area (Å²) in [6, 6.07) is 0.549. The van der Waals surface area contributed by atoms with Crippen LogP contribution >= 0.6 is 0 Å². The van der Waals surface area contributed by atoms with Crippen molar-refractivity contribution in [2.24, 2.45) is 0 Å².